The normalized spacial score (nSPS) is 34.4. The zero-order valence-corrected chi connectivity index (χ0v) is 11.8. The first-order valence-electron chi connectivity index (χ1n) is 7.52. The van der Waals surface area contributed by atoms with Crippen LogP contribution in [-0.2, 0) is 9.53 Å². The minimum Gasteiger partial charge on any atom is -0.370 e. The molecule has 2 rings (SSSR count). The number of hydrogen-bond donors (Lipinski definition) is 1. The molecule has 0 radical (unpaired) electrons. The number of rotatable bonds is 4. The van der Waals surface area contributed by atoms with Crippen LogP contribution in [0.2, 0.25) is 0 Å². The molecule has 104 valence electrons. The van der Waals surface area contributed by atoms with Gasteiger partial charge in [0.25, 0.3) is 0 Å². The molecule has 0 aromatic carbocycles. The lowest BCUT2D eigenvalue weighted by atomic mass is 9.74. The molecule has 3 heteroatoms. The first kappa shape index (κ1) is 14.0. The Morgan fingerprint density at radius 2 is 1.83 bits per heavy atom. The van der Waals surface area contributed by atoms with Crippen molar-refractivity contribution in [3.05, 3.63) is 0 Å². The summed E-state index contributed by atoms with van der Waals surface area (Å²) < 4.78 is 5.77. The van der Waals surface area contributed by atoms with E-state index in [1.165, 1.54) is 6.42 Å². The molecule has 2 aliphatic rings. The average Bonchev–Trinajstić information content (AvgIpc) is 2.40. The predicted molar refractivity (Wildman–Crippen MR) is 72.5 cm³/mol. The van der Waals surface area contributed by atoms with E-state index in [-0.39, 0.29) is 5.92 Å². The molecule has 0 aromatic heterocycles. The molecule has 2 fully saturated rings. The van der Waals surface area contributed by atoms with Gasteiger partial charge < -0.3 is 10.1 Å². The van der Waals surface area contributed by atoms with Crippen LogP contribution in [0.5, 0.6) is 0 Å². The molecule has 1 saturated carbocycles. The van der Waals surface area contributed by atoms with Crippen LogP contribution in [-0.4, -0.2) is 31.6 Å². The molecule has 18 heavy (non-hydrogen) atoms. The van der Waals surface area contributed by atoms with Crippen molar-refractivity contribution in [2.75, 3.05) is 19.7 Å². The maximum absolute atomic E-state index is 12.2. The van der Waals surface area contributed by atoms with Crippen LogP contribution >= 0.6 is 0 Å². The SMILES string of the molecule is CC1CCC(C(=O)COC2CCNCC2)CC1C. The Labute approximate surface area is 111 Å². The topological polar surface area (TPSA) is 38.3 Å². The molecule has 1 heterocycles. The molecule has 3 nitrogen and oxygen atoms in total. The van der Waals surface area contributed by atoms with Gasteiger partial charge >= 0.3 is 0 Å². The van der Waals surface area contributed by atoms with Gasteiger partial charge in [0.15, 0.2) is 5.78 Å². The third-order valence-corrected chi connectivity index (χ3v) is 4.80. The van der Waals surface area contributed by atoms with Crippen molar-refractivity contribution >= 4 is 5.78 Å². The molecular formula is C15H27NO2. The number of hydrogen-bond acceptors (Lipinski definition) is 3. The van der Waals surface area contributed by atoms with Crippen LogP contribution < -0.4 is 5.32 Å². The highest BCUT2D eigenvalue weighted by molar-refractivity contribution is 5.82. The quantitative estimate of drug-likeness (QED) is 0.836. The van der Waals surface area contributed by atoms with Crippen LogP contribution in [0.3, 0.4) is 0 Å². The summed E-state index contributed by atoms with van der Waals surface area (Å²) in [5, 5.41) is 3.31. The largest absolute Gasteiger partial charge is 0.370 e. The van der Waals surface area contributed by atoms with Crippen molar-refractivity contribution in [2.24, 2.45) is 17.8 Å². The van der Waals surface area contributed by atoms with Crippen LogP contribution in [0.1, 0.15) is 46.0 Å². The zero-order valence-electron chi connectivity index (χ0n) is 11.8. The Balaban J connectivity index is 1.70. The van der Waals surface area contributed by atoms with Crippen LogP contribution in [0, 0.1) is 17.8 Å². The van der Waals surface area contributed by atoms with Gasteiger partial charge in [-0.05, 0) is 57.0 Å². The fourth-order valence-electron chi connectivity index (χ4n) is 3.12. The number of piperidine rings is 1. The van der Waals surface area contributed by atoms with E-state index in [1.807, 2.05) is 0 Å². The van der Waals surface area contributed by atoms with E-state index in [2.05, 4.69) is 19.2 Å². The van der Waals surface area contributed by atoms with Gasteiger partial charge in [-0.15, -0.1) is 0 Å². The molecule has 0 bridgehead atoms. The molecule has 1 aliphatic carbocycles. The van der Waals surface area contributed by atoms with Gasteiger partial charge in [-0.25, -0.2) is 0 Å². The highest BCUT2D eigenvalue weighted by atomic mass is 16.5. The lowest BCUT2D eigenvalue weighted by molar-refractivity contribution is -0.131. The van der Waals surface area contributed by atoms with Crippen molar-refractivity contribution in [1.29, 1.82) is 0 Å². The highest BCUT2D eigenvalue weighted by Crippen LogP contribution is 2.33. The van der Waals surface area contributed by atoms with E-state index < -0.39 is 0 Å². The summed E-state index contributed by atoms with van der Waals surface area (Å²) in [4.78, 5) is 12.2. The fourth-order valence-corrected chi connectivity index (χ4v) is 3.12. The lowest BCUT2D eigenvalue weighted by Crippen LogP contribution is -2.35. The Bertz CT molecular complexity index is 274. The smallest absolute Gasteiger partial charge is 0.161 e. The monoisotopic (exact) mass is 253 g/mol. The maximum atomic E-state index is 12.2. The molecular weight excluding hydrogens is 226 g/mol. The van der Waals surface area contributed by atoms with Crippen LogP contribution in [0.25, 0.3) is 0 Å². The summed E-state index contributed by atoms with van der Waals surface area (Å²) >= 11 is 0. The number of ketones is 1. The summed E-state index contributed by atoms with van der Waals surface area (Å²) in [5.41, 5.74) is 0. The molecule has 1 aliphatic heterocycles. The molecule has 1 N–H and O–H groups in total. The fraction of sp³-hybridized carbons (Fsp3) is 0.933. The summed E-state index contributed by atoms with van der Waals surface area (Å²) in [6.07, 6.45) is 5.73. The van der Waals surface area contributed by atoms with Gasteiger partial charge in [-0.2, -0.15) is 0 Å². The van der Waals surface area contributed by atoms with Crippen LogP contribution in [0.15, 0.2) is 0 Å². The van der Waals surface area contributed by atoms with Gasteiger partial charge in [0.2, 0.25) is 0 Å². The minimum atomic E-state index is 0.262. The Morgan fingerprint density at radius 1 is 1.11 bits per heavy atom. The number of carbonyl (C=O) groups excluding carboxylic acids is 1. The van der Waals surface area contributed by atoms with Crippen molar-refractivity contribution < 1.29 is 9.53 Å². The summed E-state index contributed by atoms with van der Waals surface area (Å²) in [5.74, 6) is 2.07. The third-order valence-electron chi connectivity index (χ3n) is 4.80. The van der Waals surface area contributed by atoms with Crippen molar-refractivity contribution in [2.45, 2.75) is 52.1 Å². The summed E-state index contributed by atoms with van der Waals surface area (Å²) in [7, 11) is 0. The van der Waals surface area contributed by atoms with Crippen molar-refractivity contribution in [3.63, 3.8) is 0 Å². The van der Waals surface area contributed by atoms with Gasteiger partial charge in [0, 0.05) is 5.92 Å². The molecule has 3 atom stereocenters. The van der Waals surface area contributed by atoms with Crippen molar-refractivity contribution in [1.82, 2.24) is 5.32 Å². The number of ether oxygens (including phenoxy) is 1. The highest BCUT2D eigenvalue weighted by Gasteiger charge is 2.29. The van der Waals surface area contributed by atoms with E-state index in [4.69, 9.17) is 4.74 Å². The molecule has 0 amide bonds. The van der Waals surface area contributed by atoms with E-state index in [0.29, 0.717) is 24.4 Å². The lowest BCUT2D eigenvalue weighted by Gasteiger charge is -2.31. The average molecular weight is 253 g/mol. The number of carbonyl (C=O) groups is 1. The van der Waals surface area contributed by atoms with Gasteiger partial charge in [-0.3, -0.25) is 4.79 Å². The predicted octanol–water partition coefficient (Wildman–Crippen LogP) is 2.40. The van der Waals surface area contributed by atoms with E-state index in [9.17, 15) is 4.79 Å². The van der Waals surface area contributed by atoms with Crippen molar-refractivity contribution in [3.8, 4) is 0 Å². The van der Waals surface area contributed by atoms with Gasteiger partial charge in [0.1, 0.15) is 6.61 Å². The standard InChI is InChI=1S/C15H27NO2/c1-11-3-4-13(9-12(11)2)15(17)10-18-14-5-7-16-8-6-14/h11-14,16H,3-10H2,1-2H3. The van der Waals surface area contributed by atoms with E-state index in [1.54, 1.807) is 0 Å². The molecule has 0 aromatic rings. The Hall–Kier alpha value is -0.410. The molecule has 1 saturated heterocycles. The minimum absolute atomic E-state index is 0.262. The second kappa shape index (κ2) is 6.67. The first-order chi connectivity index (χ1) is 8.66. The molecule has 3 unspecified atom stereocenters. The summed E-state index contributed by atoms with van der Waals surface area (Å²) in [6, 6.07) is 0. The summed E-state index contributed by atoms with van der Waals surface area (Å²) in [6.45, 7) is 6.97. The Kier molecular flexibility index (Phi) is 5.19. The van der Waals surface area contributed by atoms with Crippen LogP contribution in [0.4, 0.5) is 0 Å². The van der Waals surface area contributed by atoms with Gasteiger partial charge in [-0.1, -0.05) is 13.8 Å². The number of nitrogens with one attached hydrogen (secondary N) is 1. The van der Waals surface area contributed by atoms with E-state index in [0.717, 1.165) is 44.7 Å². The van der Waals surface area contributed by atoms with E-state index >= 15 is 0 Å². The third kappa shape index (κ3) is 3.79. The second-order valence-corrected chi connectivity index (χ2v) is 6.19. The van der Waals surface area contributed by atoms with Gasteiger partial charge in [0.05, 0.1) is 6.10 Å². The maximum Gasteiger partial charge on any atom is 0.161 e. The zero-order chi connectivity index (χ0) is 13.0. The second-order valence-electron chi connectivity index (χ2n) is 6.19. The Morgan fingerprint density at radius 3 is 2.50 bits per heavy atom. The number of Topliss-reactive ketones (excluding diaryl/α,β-unsaturated/α-hetero) is 1. The molecule has 0 spiro atoms. The first-order valence-corrected chi connectivity index (χ1v) is 7.52.